The summed E-state index contributed by atoms with van der Waals surface area (Å²) < 4.78 is 21.5. The van der Waals surface area contributed by atoms with Crippen LogP contribution in [-0.2, 0) is 14.6 Å². The molecular weight excluding hydrogens is 236 g/mol. The van der Waals surface area contributed by atoms with E-state index < -0.39 is 27.9 Å². The number of urea groups is 1. The molecule has 0 bridgehead atoms. The zero-order chi connectivity index (χ0) is 12.9. The lowest BCUT2D eigenvalue weighted by molar-refractivity contribution is -0.141. The van der Waals surface area contributed by atoms with Gasteiger partial charge in [-0.1, -0.05) is 0 Å². The molecule has 0 saturated heterocycles. The van der Waals surface area contributed by atoms with Crippen molar-refractivity contribution in [2.45, 2.75) is 13.0 Å². The van der Waals surface area contributed by atoms with Crippen LogP contribution in [0.1, 0.15) is 6.92 Å². The van der Waals surface area contributed by atoms with Crippen LogP contribution in [0.25, 0.3) is 0 Å². The lowest BCUT2D eigenvalue weighted by Gasteiger charge is -2.21. The molecule has 0 aliphatic carbocycles. The summed E-state index contributed by atoms with van der Waals surface area (Å²) in [5.74, 6) is -1.30. The van der Waals surface area contributed by atoms with Crippen LogP contribution in [0.3, 0.4) is 0 Å². The molecule has 1 atom stereocenters. The summed E-state index contributed by atoms with van der Waals surface area (Å²) in [6.45, 7) is 1.33. The fourth-order valence-corrected chi connectivity index (χ4v) is 1.28. The summed E-state index contributed by atoms with van der Waals surface area (Å²) in [6.07, 6.45) is 1.06. The lowest BCUT2D eigenvalue weighted by atomic mass is 10.3. The summed E-state index contributed by atoms with van der Waals surface area (Å²) in [7, 11) is -1.80. The summed E-state index contributed by atoms with van der Waals surface area (Å²) in [5, 5.41) is 11.0. The molecule has 0 spiro atoms. The van der Waals surface area contributed by atoms with Crippen molar-refractivity contribution in [2.75, 3.05) is 25.6 Å². The van der Waals surface area contributed by atoms with Crippen LogP contribution in [0.4, 0.5) is 4.79 Å². The Labute approximate surface area is 94.3 Å². The molecule has 0 radical (unpaired) electrons. The molecule has 2 amide bonds. The smallest absolute Gasteiger partial charge is 0.326 e. The first-order valence-corrected chi connectivity index (χ1v) is 6.62. The van der Waals surface area contributed by atoms with E-state index in [2.05, 4.69) is 5.32 Å². The maximum absolute atomic E-state index is 11.3. The predicted molar refractivity (Wildman–Crippen MR) is 58.0 cm³/mol. The molecule has 2 N–H and O–H groups in total. The van der Waals surface area contributed by atoms with Crippen LogP contribution in [0.2, 0.25) is 0 Å². The quantitative estimate of drug-likeness (QED) is 0.663. The Balaban J connectivity index is 4.12. The molecule has 0 aliphatic heterocycles. The van der Waals surface area contributed by atoms with Crippen molar-refractivity contribution in [3.05, 3.63) is 0 Å². The van der Waals surface area contributed by atoms with Gasteiger partial charge in [0, 0.05) is 19.8 Å². The molecule has 0 fully saturated rings. The molecule has 0 saturated carbocycles. The van der Waals surface area contributed by atoms with Crippen LogP contribution in [0.5, 0.6) is 0 Å². The van der Waals surface area contributed by atoms with Gasteiger partial charge in [0.1, 0.15) is 15.9 Å². The van der Waals surface area contributed by atoms with Crippen LogP contribution < -0.4 is 5.32 Å². The minimum Gasteiger partial charge on any atom is -0.480 e. The first-order chi connectivity index (χ1) is 7.15. The predicted octanol–water partition coefficient (Wildman–Crippen LogP) is -0.854. The number of carbonyl (C=O) groups is 2. The third-order valence-corrected chi connectivity index (χ3v) is 2.95. The largest absolute Gasteiger partial charge is 0.480 e. The number of nitrogens with one attached hydrogen (secondary N) is 1. The van der Waals surface area contributed by atoms with Crippen LogP contribution in [0.15, 0.2) is 0 Å². The molecule has 1 unspecified atom stereocenters. The third-order valence-electron chi connectivity index (χ3n) is 2.01. The van der Waals surface area contributed by atoms with Gasteiger partial charge in [-0.25, -0.2) is 18.0 Å². The number of carboxylic acid groups (broad SMARTS) is 1. The van der Waals surface area contributed by atoms with Gasteiger partial charge in [-0.15, -0.1) is 0 Å². The van der Waals surface area contributed by atoms with Gasteiger partial charge >= 0.3 is 12.0 Å². The van der Waals surface area contributed by atoms with Gasteiger partial charge in [-0.3, -0.25) is 0 Å². The highest BCUT2D eigenvalue weighted by Gasteiger charge is 2.21. The van der Waals surface area contributed by atoms with Crippen molar-refractivity contribution in [1.82, 2.24) is 10.2 Å². The number of sulfone groups is 1. The highest BCUT2D eigenvalue weighted by atomic mass is 32.2. The van der Waals surface area contributed by atoms with Gasteiger partial charge in [0.2, 0.25) is 0 Å². The molecule has 0 heterocycles. The number of carbonyl (C=O) groups excluding carboxylic acids is 1. The highest BCUT2D eigenvalue weighted by molar-refractivity contribution is 7.90. The molecule has 7 nitrogen and oxygen atoms in total. The van der Waals surface area contributed by atoms with E-state index >= 15 is 0 Å². The average Bonchev–Trinajstić information content (AvgIpc) is 2.13. The van der Waals surface area contributed by atoms with Crippen molar-refractivity contribution in [1.29, 1.82) is 0 Å². The maximum Gasteiger partial charge on any atom is 0.326 e. The Kier molecular flexibility index (Phi) is 5.22. The highest BCUT2D eigenvalue weighted by Crippen LogP contribution is 1.95. The molecule has 0 aliphatic rings. The summed E-state index contributed by atoms with van der Waals surface area (Å²) in [5.41, 5.74) is 0. The van der Waals surface area contributed by atoms with Crippen molar-refractivity contribution < 1.29 is 23.1 Å². The minimum atomic E-state index is -3.13. The second-order valence-corrected chi connectivity index (χ2v) is 5.75. The fourth-order valence-electron chi connectivity index (χ4n) is 0.810. The number of carboxylic acids is 1. The second kappa shape index (κ2) is 5.69. The Morgan fingerprint density at radius 1 is 1.44 bits per heavy atom. The molecule has 0 rings (SSSR count). The van der Waals surface area contributed by atoms with E-state index in [9.17, 15) is 18.0 Å². The zero-order valence-corrected chi connectivity index (χ0v) is 10.2. The van der Waals surface area contributed by atoms with E-state index in [1.54, 1.807) is 0 Å². The van der Waals surface area contributed by atoms with Crippen LogP contribution >= 0.6 is 0 Å². The van der Waals surface area contributed by atoms with Crippen molar-refractivity contribution in [3.63, 3.8) is 0 Å². The molecule has 8 heteroatoms. The Morgan fingerprint density at radius 2 is 1.94 bits per heavy atom. The molecule has 0 aromatic rings. The van der Waals surface area contributed by atoms with Crippen molar-refractivity contribution >= 4 is 21.8 Å². The van der Waals surface area contributed by atoms with Crippen LogP contribution in [0, 0.1) is 0 Å². The van der Waals surface area contributed by atoms with Gasteiger partial charge in [0.05, 0.1) is 5.75 Å². The number of nitrogens with zero attached hydrogens (tertiary/aromatic N) is 1. The molecule has 94 valence electrons. The maximum atomic E-state index is 11.3. The van der Waals surface area contributed by atoms with E-state index in [0.717, 1.165) is 11.2 Å². The number of hydrogen-bond donors (Lipinski definition) is 2. The molecular formula is C8H16N2O5S. The summed E-state index contributed by atoms with van der Waals surface area (Å²) in [4.78, 5) is 22.9. The number of amides is 2. The minimum absolute atomic E-state index is 0.0334. The molecule has 0 aromatic carbocycles. The van der Waals surface area contributed by atoms with Gasteiger partial charge in [-0.05, 0) is 6.92 Å². The number of aliphatic carboxylic acids is 1. The van der Waals surface area contributed by atoms with Crippen molar-refractivity contribution in [2.24, 2.45) is 0 Å². The van der Waals surface area contributed by atoms with Crippen LogP contribution in [-0.4, -0.2) is 62.1 Å². The summed E-state index contributed by atoms with van der Waals surface area (Å²) in [6, 6.07) is -1.57. The normalized spacial score (nSPS) is 12.9. The molecule has 16 heavy (non-hydrogen) atoms. The average molecular weight is 252 g/mol. The van der Waals surface area contributed by atoms with E-state index in [-0.39, 0.29) is 12.3 Å². The lowest BCUT2D eigenvalue weighted by Crippen LogP contribution is -2.46. The molecule has 0 aromatic heterocycles. The van der Waals surface area contributed by atoms with E-state index in [1.165, 1.54) is 14.0 Å². The van der Waals surface area contributed by atoms with E-state index in [1.807, 2.05) is 0 Å². The monoisotopic (exact) mass is 252 g/mol. The number of rotatable bonds is 5. The zero-order valence-electron chi connectivity index (χ0n) is 9.43. The van der Waals surface area contributed by atoms with E-state index in [0.29, 0.717) is 0 Å². The second-order valence-electron chi connectivity index (χ2n) is 3.49. The Bertz CT molecular complexity index is 365. The standard InChI is InChI=1S/C8H16N2O5S/c1-6(7(11)12)10(2)8(13)9-4-5-16(3,14)15/h6H,4-5H2,1-3H3,(H,9,13)(H,11,12). The number of hydrogen-bond acceptors (Lipinski definition) is 4. The SMILES string of the molecule is CC(C(=O)O)N(C)C(=O)NCCS(C)(=O)=O. The first-order valence-electron chi connectivity index (χ1n) is 4.56. The Hall–Kier alpha value is -1.31. The number of likely N-dealkylation sites (N-methyl/N-ethyl adjacent to an activating group) is 1. The van der Waals surface area contributed by atoms with E-state index in [4.69, 9.17) is 5.11 Å². The van der Waals surface area contributed by atoms with Gasteiger partial charge in [-0.2, -0.15) is 0 Å². The third kappa shape index (κ3) is 5.54. The Morgan fingerprint density at radius 3 is 2.31 bits per heavy atom. The first kappa shape index (κ1) is 14.7. The van der Waals surface area contributed by atoms with Gasteiger partial charge in [0.15, 0.2) is 0 Å². The van der Waals surface area contributed by atoms with Crippen molar-refractivity contribution in [3.8, 4) is 0 Å². The summed E-state index contributed by atoms with van der Waals surface area (Å²) >= 11 is 0. The topological polar surface area (TPSA) is 104 Å². The fraction of sp³-hybridized carbons (Fsp3) is 0.750. The van der Waals surface area contributed by atoms with Gasteiger partial charge in [0.25, 0.3) is 0 Å². The van der Waals surface area contributed by atoms with Gasteiger partial charge < -0.3 is 15.3 Å².